The van der Waals surface area contributed by atoms with Gasteiger partial charge in [-0.1, -0.05) is 11.6 Å². The van der Waals surface area contributed by atoms with E-state index in [9.17, 15) is 4.39 Å². The lowest BCUT2D eigenvalue weighted by molar-refractivity contribution is 0.283. The Morgan fingerprint density at radius 3 is 2.79 bits per heavy atom. The summed E-state index contributed by atoms with van der Waals surface area (Å²) in [4.78, 5) is 0. The van der Waals surface area contributed by atoms with Crippen LogP contribution in [0.2, 0.25) is 5.02 Å². The first-order chi connectivity index (χ1) is 11.4. The highest BCUT2D eigenvalue weighted by Gasteiger charge is 2.35. The Morgan fingerprint density at radius 2 is 2.04 bits per heavy atom. The van der Waals surface area contributed by atoms with E-state index in [-0.39, 0.29) is 11.4 Å². The third-order valence-electron chi connectivity index (χ3n) is 4.40. The molecule has 2 aromatic carbocycles. The number of ether oxygens (including phenoxy) is 2. The van der Waals surface area contributed by atoms with Gasteiger partial charge in [-0.15, -0.1) is 0 Å². The molecule has 3 nitrogen and oxygen atoms in total. The summed E-state index contributed by atoms with van der Waals surface area (Å²) in [5, 5.41) is 4.06. The number of hydrogen-bond acceptors (Lipinski definition) is 3. The molecule has 0 aromatic heterocycles. The predicted molar refractivity (Wildman–Crippen MR) is 93.9 cm³/mol. The van der Waals surface area contributed by atoms with Gasteiger partial charge in [0, 0.05) is 22.8 Å². The van der Waals surface area contributed by atoms with Crippen LogP contribution in [0.15, 0.2) is 30.3 Å². The molecule has 0 atom stereocenters. The number of hydrogen-bond donors (Lipinski definition) is 1. The molecule has 2 aliphatic heterocycles. The number of benzene rings is 2. The van der Waals surface area contributed by atoms with Crippen LogP contribution in [0.3, 0.4) is 0 Å². The van der Waals surface area contributed by atoms with Crippen LogP contribution in [0.5, 0.6) is 5.75 Å². The van der Waals surface area contributed by atoms with Crippen molar-refractivity contribution >= 4 is 23.0 Å². The largest absolute Gasteiger partial charge is 0.496 e. The number of nitrogens with one attached hydrogen (secondary N) is 1. The zero-order chi connectivity index (χ0) is 17.1. The fourth-order valence-corrected chi connectivity index (χ4v) is 3.64. The standard InChI is InChI=1S/C19H17ClFNO2/c1-19(2)8-16-17-13(9-24-16)12(7-14(20)18(17)22-19)11-5-4-10(21)6-15(11)23-3/h4-8,22H,9H2,1-3H3. The van der Waals surface area contributed by atoms with Crippen molar-refractivity contribution < 1.29 is 13.9 Å². The van der Waals surface area contributed by atoms with E-state index in [0.717, 1.165) is 33.7 Å². The molecule has 0 saturated carbocycles. The summed E-state index contributed by atoms with van der Waals surface area (Å²) in [6.07, 6.45) is 2.06. The second-order valence-electron chi connectivity index (χ2n) is 6.62. The maximum Gasteiger partial charge on any atom is 0.129 e. The third-order valence-corrected chi connectivity index (χ3v) is 4.70. The van der Waals surface area contributed by atoms with Crippen molar-refractivity contribution in [3.05, 3.63) is 52.3 Å². The molecule has 0 radical (unpaired) electrons. The van der Waals surface area contributed by atoms with E-state index < -0.39 is 0 Å². The molecule has 2 heterocycles. The lowest BCUT2D eigenvalue weighted by Gasteiger charge is -2.31. The van der Waals surface area contributed by atoms with Crippen molar-refractivity contribution in [2.24, 2.45) is 0 Å². The van der Waals surface area contributed by atoms with Crippen molar-refractivity contribution in [2.75, 3.05) is 12.4 Å². The van der Waals surface area contributed by atoms with Crippen molar-refractivity contribution in [1.82, 2.24) is 0 Å². The van der Waals surface area contributed by atoms with Crippen LogP contribution in [-0.4, -0.2) is 12.6 Å². The summed E-state index contributed by atoms with van der Waals surface area (Å²) in [7, 11) is 1.53. The quantitative estimate of drug-likeness (QED) is 0.808. The molecular weight excluding hydrogens is 329 g/mol. The molecule has 0 amide bonds. The van der Waals surface area contributed by atoms with Gasteiger partial charge in [-0.2, -0.15) is 0 Å². The Hall–Kier alpha value is -2.20. The summed E-state index contributed by atoms with van der Waals surface area (Å²) < 4.78 is 24.8. The van der Waals surface area contributed by atoms with Gasteiger partial charge in [0.2, 0.25) is 0 Å². The molecule has 0 saturated heterocycles. The van der Waals surface area contributed by atoms with Gasteiger partial charge in [0.05, 0.1) is 23.4 Å². The molecule has 124 valence electrons. The molecule has 0 aliphatic carbocycles. The lowest BCUT2D eigenvalue weighted by atomic mass is 9.89. The van der Waals surface area contributed by atoms with E-state index in [4.69, 9.17) is 21.1 Å². The van der Waals surface area contributed by atoms with Crippen LogP contribution < -0.4 is 10.1 Å². The SMILES string of the molecule is COc1cc(F)ccc1-c1cc(Cl)c2c3c1COC3=CC(C)(C)N2. The van der Waals surface area contributed by atoms with Gasteiger partial charge in [0.15, 0.2) is 0 Å². The molecule has 1 N–H and O–H groups in total. The Labute approximate surface area is 145 Å². The normalized spacial score (nSPS) is 16.8. The average molecular weight is 346 g/mol. The molecule has 2 aromatic rings. The minimum absolute atomic E-state index is 0.233. The molecule has 4 rings (SSSR count). The highest BCUT2D eigenvalue weighted by molar-refractivity contribution is 6.34. The fourth-order valence-electron chi connectivity index (χ4n) is 3.38. The van der Waals surface area contributed by atoms with Gasteiger partial charge in [-0.25, -0.2) is 4.39 Å². The average Bonchev–Trinajstić information content (AvgIpc) is 2.93. The van der Waals surface area contributed by atoms with Gasteiger partial charge in [-0.05, 0) is 43.7 Å². The smallest absolute Gasteiger partial charge is 0.129 e. The molecule has 5 heteroatoms. The molecular formula is C19H17ClFNO2. The molecule has 2 aliphatic rings. The van der Waals surface area contributed by atoms with Crippen LogP contribution in [0.1, 0.15) is 25.0 Å². The summed E-state index contributed by atoms with van der Waals surface area (Å²) >= 11 is 6.56. The van der Waals surface area contributed by atoms with Gasteiger partial charge in [0.25, 0.3) is 0 Å². The van der Waals surface area contributed by atoms with Crippen molar-refractivity contribution in [1.29, 1.82) is 0 Å². The predicted octanol–water partition coefficient (Wildman–Crippen LogP) is 5.23. The topological polar surface area (TPSA) is 30.5 Å². The van der Waals surface area contributed by atoms with E-state index in [0.29, 0.717) is 17.4 Å². The van der Waals surface area contributed by atoms with Gasteiger partial charge in [0.1, 0.15) is 23.9 Å². The third kappa shape index (κ3) is 2.25. The van der Waals surface area contributed by atoms with Crippen molar-refractivity contribution in [2.45, 2.75) is 26.0 Å². The number of anilines is 1. The Morgan fingerprint density at radius 1 is 1.25 bits per heavy atom. The van der Waals surface area contributed by atoms with E-state index in [2.05, 4.69) is 25.2 Å². The van der Waals surface area contributed by atoms with Crippen LogP contribution in [0, 0.1) is 5.82 Å². The van der Waals surface area contributed by atoms with E-state index in [1.807, 2.05) is 6.07 Å². The number of rotatable bonds is 2. The molecule has 24 heavy (non-hydrogen) atoms. The van der Waals surface area contributed by atoms with E-state index in [1.165, 1.54) is 19.2 Å². The van der Waals surface area contributed by atoms with Crippen LogP contribution in [0.25, 0.3) is 16.9 Å². The number of halogens is 2. The highest BCUT2D eigenvalue weighted by Crippen LogP contribution is 2.49. The zero-order valence-electron chi connectivity index (χ0n) is 13.7. The first-order valence-corrected chi connectivity index (χ1v) is 8.11. The summed E-state index contributed by atoms with van der Waals surface area (Å²) in [5.74, 6) is 0.980. The van der Waals surface area contributed by atoms with Crippen LogP contribution in [-0.2, 0) is 11.3 Å². The molecule has 0 fully saturated rings. The molecule has 0 unspecified atom stereocenters. The Kier molecular flexibility index (Phi) is 3.29. The minimum atomic E-state index is -0.337. The van der Waals surface area contributed by atoms with Crippen molar-refractivity contribution in [3.63, 3.8) is 0 Å². The van der Waals surface area contributed by atoms with Crippen molar-refractivity contribution in [3.8, 4) is 16.9 Å². The lowest BCUT2D eigenvalue weighted by Crippen LogP contribution is -2.31. The van der Waals surface area contributed by atoms with Crippen LogP contribution in [0.4, 0.5) is 10.1 Å². The zero-order valence-corrected chi connectivity index (χ0v) is 14.4. The fraction of sp³-hybridized carbons (Fsp3) is 0.263. The van der Waals surface area contributed by atoms with Gasteiger partial charge < -0.3 is 14.8 Å². The maximum absolute atomic E-state index is 13.5. The molecule has 0 bridgehead atoms. The van der Waals surface area contributed by atoms with Crippen LogP contribution >= 0.6 is 11.6 Å². The Bertz CT molecular complexity index is 889. The second kappa shape index (κ2) is 5.15. The second-order valence-corrected chi connectivity index (χ2v) is 7.03. The minimum Gasteiger partial charge on any atom is -0.496 e. The highest BCUT2D eigenvalue weighted by atomic mass is 35.5. The van der Waals surface area contributed by atoms with E-state index >= 15 is 0 Å². The first-order valence-electron chi connectivity index (χ1n) is 7.73. The van der Waals surface area contributed by atoms with E-state index in [1.54, 1.807) is 6.07 Å². The number of methoxy groups -OCH3 is 1. The van der Waals surface area contributed by atoms with Gasteiger partial charge >= 0.3 is 0 Å². The monoisotopic (exact) mass is 345 g/mol. The maximum atomic E-state index is 13.5. The summed E-state index contributed by atoms with van der Waals surface area (Å²) in [6.45, 7) is 4.59. The first kappa shape index (κ1) is 15.3. The summed E-state index contributed by atoms with van der Waals surface area (Å²) in [5.41, 5.74) is 4.38. The molecule has 0 spiro atoms. The Balaban J connectivity index is 1.98. The van der Waals surface area contributed by atoms with Gasteiger partial charge in [-0.3, -0.25) is 0 Å². The summed E-state index contributed by atoms with van der Waals surface area (Å²) in [6, 6.07) is 6.41.